The van der Waals surface area contributed by atoms with Crippen LogP contribution in [0.3, 0.4) is 0 Å². The molecular weight excluding hydrogens is 470 g/mol. The van der Waals surface area contributed by atoms with Gasteiger partial charge in [0.15, 0.2) is 17.3 Å². The number of nitrogens with one attached hydrogen (secondary N) is 2. The number of aromatic nitrogens is 3. The van der Waals surface area contributed by atoms with Gasteiger partial charge in [0.2, 0.25) is 15.9 Å². The molecule has 3 heterocycles. The van der Waals surface area contributed by atoms with Crippen molar-refractivity contribution in [3.8, 4) is 11.5 Å². The smallest absolute Gasteiger partial charge is 0.240 e. The van der Waals surface area contributed by atoms with Crippen molar-refractivity contribution in [3.05, 3.63) is 60.6 Å². The van der Waals surface area contributed by atoms with Crippen LogP contribution in [0.4, 0.5) is 5.82 Å². The Morgan fingerprint density at radius 3 is 2.63 bits per heavy atom. The average molecular weight is 500 g/mol. The Labute approximate surface area is 204 Å². The van der Waals surface area contributed by atoms with Gasteiger partial charge in [-0.15, -0.1) is 0 Å². The van der Waals surface area contributed by atoms with Gasteiger partial charge in [-0.05, 0) is 49.1 Å². The number of pyridine rings is 1. The van der Waals surface area contributed by atoms with Crippen molar-refractivity contribution in [2.75, 3.05) is 25.1 Å². The summed E-state index contributed by atoms with van der Waals surface area (Å²) in [6.07, 6.45) is 8.54. The first-order valence-electron chi connectivity index (χ1n) is 11.6. The maximum absolute atomic E-state index is 12.5. The molecule has 0 spiro atoms. The lowest BCUT2D eigenvalue weighted by molar-refractivity contribution is -0.116. The zero-order valence-electron chi connectivity index (χ0n) is 19.4. The van der Waals surface area contributed by atoms with Gasteiger partial charge in [0.1, 0.15) is 13.2 Å². The fourth-order valence-electron chi connectivity index (χ4n) is 3.62. The Morgan fingerprint density at radius 2 is 1.80 bits per heavy atom. The number of benzene rings is 1. The molecule has 0 bridgehead atoms. The molecule has 0 fully saturated rings. The molecule has 10 nitrogen and oxygen atoms in total. The largest absolute Gasteiger partial charge is 0.486 e. The monoisotopic (exact) mass is 499 g/mol. The summed E-state index contributed by atoms with van der Waals surface area (Å²) >= 11 is 0. The number of nitrogens with zero attached hydrogens (tertiary/aromatic N) is 3. The number of anilines is 1. The molecule has 1 aliphatic rings. The highest BCUT2D eigenvalue weighted by atomic mass is 32.2. The lowest BCUT2D eigenvalue weighted by Gasteiger charge is -2.18. The first-order valence-corrected chi connectivity index (χ1v) is 13.1. The molecule has 1 aromatic carbocycles. The molecule has 35 heavy (non-hydrogen) atoms. The second-order valence-electron chi connectivity index (χ2n) is 8.13. The van der Waals surface area contributed by atoms with Crippen LogP contribution in [0.1, 0.15) is 31.2 Å². The van der Waals surface area contributed by atoms with Crippen molar-refractivity contribution in [2.45, 2.75) is 43.5 Å². The molecular formula is C24H29N5O5S. The minimum Gasteiger partial charge on any atom is -0.486 e. The fourth-order valence-corrected chi connectivity index (χ4v) is 4.71. The summed E-state index contributed by atoms with van der Waals surface area (Å²) in [6.45, 7) is 1.85. The number of aryl methyl sites for hydroxylation is 2. The van der Waals surface area contributed by atoms with E-state index in [9.17, 15) is 13.2 Å². The summed E-state index contributed by atoms with van der Waals surface area (Å²) in [5, 5.41) is 7.19. The second-order valence-corrected chi connectivity index (χ2v) is 9.90. The molecule has 0 saturated heterocycles. The van der Waals surface area contributed by atoms with Crippen molar-refractivity contribution in [3.63, 3.8) is 0 Å². The van der Waals surface area contributed by atoms with Gasteiger partial charge in [0.05, 0.1) is 4.90 Å². The van der Waals surface area contributed by atoms with E-state index in [0.717, 1.165) is 12.8 Å². The highest BCUT2D eigenvalue weighted by molar-refractivity contribution is 7.89. The van der Waals surface area contributed by atoms with Crippen LogP contribution in [-0.2, 0) is 27.8 Å². The molecule has 0 aliphatic carbocycles. The second kappa shape index (κ2) is 11.8. The third-order valence-corrected chi connectivity index (χ3v) is 6.94. The average Bonchev–Trinajstić information content (AvgIpc) is 3.32. The van der Waals surface area contributed by atoms with Crippen LogP contribution in [0.25, 0.3) is 0 Å². The van der Waals surface area contributed by atoms with Crippen molar-refractivity contribution in [2.24, 2.45) is 0 Å². The number of unbranched alkanes of at least 4 members (excludes halogenated alkanes) is 2. The quantitative estimate of drug-likeness (QED) is 0.367. The molecule has 11 heteroatoms. The lowest BCUT2D eigenvalue weighted by Crippen LogP contribution is -2.25. The maximum atomic E-state index is 12.5. The molecule has 0 radical (unpaired) electrons. The predicted octanol–water partition coefficient (Wildman–Crippen LogP) is 2.77. The standard InChI is InChI=1S/C24H29N5O5S/c30-24(27-23-10-15-29(28-23)14-9-19-7-12-25-13-8-19)4-2-1-3-11-26-35(31,32)20-5-6-21-22(18-20)34-17-16-33-21/h5-8,10,12-13,15,18,26H,1-4,9,11,14,16-17H2,(H,27,28,30). The van der Waals surface area contributed by atoms with E-state index in [1.54, 1.807) is 29.2 Å². The van der Waals surface area contributed by atoms with E-state index in [0.29, 0.717) is 62.9 Å². The van der Waals surface area contributed by atoms with E-state index in [1.807, 2.05) is 18.3 Å². The van der Waals surface area contributed by atoms with Gasteiger partial charge < -0.3 is 14.8 Å². The first-order chi connectivity index (χ1) is 17.0. The van der Waals surface area contributed by atoms with Crippen LogP contribution >= 0.6 is 0 Å². The van der Waals surface area contributed by atoms with Crippen molar-refractivity contribution < 1.29 is 22.7 Å². The summed E-state index contributed by atoms with van der Waals surface area (Å²) in [4.78, 5) is 16.3. The predicted molar refractivity (Wildman–Crippen MR) is 130 cm³/mol. The van der Waals surface area contributed by atoms with Gasteiger partial charge in [-0.2, -0.15) is 5.10 Å². The van der Waals surface area contributed by atoms with Crippen LogP contribution in [0.5, 0.6) is 11.5 Å². The number of sulfonamides is 1. The van der Waals surface area contributed by atoms with Crippen molar-refractivity contribution in [1.29, 1.82) is 0 Å². The molecule has 0 unspecified atom stereocenters. The summed E-state index contributed by atoms with van der Waals surface area (Å²) in [6, 6.07) is 10.3. The molecule has 2 N–H and O–H groups in total. The van der Waals surface area contributed by atoms with Crippen LogP contribution in [0.2, 0.25) is 0 Å². The number of fused-ring (bicyclic) bond motifs is 1. The lowest BCUT2D eigenvalue weighted by atomic mass is 10.2. The number of hydrogen-bond acceptors (Lipinski definition) is 7. The van der Waals surface area contributed by atoms with Gasteiger partial charge in [-0.3, -0.25) is 14.5 Å². The van der Waals surface area contributed by atoms with Crippen LogP contribution in [-0.4, -0.2) is 48.8 Å². The minimum absolute atomic E-state index is 0.110. The number of ether oxygens (including phenoxy) is 2. The molecule has 2 aromatic heterocycles. The third-order valence-electron chi connectivity index (χ3n) is 5.48. The maximum Gasteiger partial charge on any atom is 0.240 e. The molecule has 3 aromatic rings. The third kappa shape index (κ3) is 7.27. The highest BCUT2D eigenvalue weighted by Crippen LogP contribution is 2.32. The van der Waals surface area contributed by atoms with Gasteiger partial charge >= 0.3 is 0 Å². The summed E-state index contributed by atoms with van der Waals surface area (Å²) < 4.78 is 40.3. The Balaban J connectivity index is 1.12. The Kier molecular flexibility index (Phi) is 8.32. The Bertz CT molecular complexity index is 1230. The SMILES string of the molecule is O=C(CCCCCNS(=O)(=O)c1ccc2c(c1)OCCO2)Nc1ccn(CCc2ccncc2)n1. The zero-order chi connectivity index (χ0) is 24.5. The van der Waals surface area contributed by atoms with E-state index in [1.165, 1.54) is 17.7 Å². The Morgan fingerprint density at radius 1 is 1.00 bits per heavy atom. The van der Waals surface area contributed by atoms with Crippen molar-refractivity contribution in [1.82, 2.24) is 19.5 Å². The Hall–Kier alpha value is -3.44. The van der Waals surface area contributed by atoms with Crippen LogP contribution < -0.4 is 19.5 Å². The highest BCUT2D eigenvalue weighted by Gasteiger charge is 2.19. The summed E-state index contributed by atoms with van der Waals surface area (Å²) in [5.41, 5.74) is 1.18. The van der Waals surface area contributed by atoms with Gasteiger partial charge in [0.25, 0.3) is 0 Å². The van der Waals surface area contributed by atoms with Gasteiger partial charge in [-0.25, -0.2) is 13.1 Å². The van der Waals surface area contributed by atoms with E-state index >= 15 is 0 Å². The number of carbonyl (C=O) groups excluding carboxylic acids is 1. The first kappa shape index (κ1) is 24.7. The molecule has 1 amide bonds. The minimum atomic E-state index is -3.64. The van der Waals surface area contributed by atoms with Crippen LogP contribution in [0, 0.1) is 0 Å². The fraction of sp³-hybridized carbons (Fsp3) is 0.375. The zero-order valence-corrected chi connectivity index (χ0v) is 20.2. The van der Waals surface area contributed by atoms with Crippen molar-refractivity contribution >= 4 is 21.7 Å². The van der Waals surface area contributed by atoms with Crippen LogP contribution in [0.15, 0.2) is 59.9 Å². The molecule has 0 saturated carbocycles. The number of carbonyl (C=O) groups is 1. The molecule has 1 aliphatic heterocycles. The van der Waals surface area contributed by atoms with E-state index in [-0.39, 0.29) is 10.8 Å². The number of amides is 1. The number of hydrogen-bond donors (Lipinski definition) is 2. The summed E-state index contributed by atoms with van der Waals surface area (Å²) in [7, 11) is -3.64. The molecule has 186 valence electrons. The van der Waals surface area contributed by atoms with E-state index in [4.69, 9.17) is 9.47 Å². The molecule has 4 rings (SSSR count). The normalized spacial score (nSPS) is 12.9. The van der Waals surface area contributed by atoms with E-state index < -0.39 is 10.0 Å². The molecule has 0 atom stereocenters. The number of rotatable bonds is 12. The van der Waals surface area contributed by atoms with Gasteiger partial charge in [0, 0.05) is 50.2 Å². The summed E-state index contributed by atoms with van der Waals surface area (Å²) in [5.74, 6) is 1.40. The topological polar surface area (TPSA) is 124 Å². The van der Waals surface area contributed by atoms with E-state index in [2.05, 4.69) is 20.1 Å². The van der Waals surface area contributed by atoms with Gasteiger partial charge in [-0.1, -0.05) is 6.42 Å².